The number of pyridine rings is 1. The van der Waals surface area contributed by atoms with Crippen molar-refractivity contribution in [3.05, 3.63) is 61.1 Å². The minimum absolute atomic E-state index is 0.0707. The summed E-state index contributed by atoms with van der Waals surface area (Å²) in [6.45, 7) is 4.45. The Morgan fingerprint density at radius 1 is 0.875 bits per heavy atom. The molecule has 3 aromatic rings. The number of rotatable bonds is 6. The Balaban J connectivity index is 1.37. The van der Waals surface area contributed by atoms with Crippen molar-refractivity contribution >= 4 is 39.1 Å². The number of carbonyl (C=O) groups is 1. The topological polar surface area (TPSA) is 120 Å². The maximum Gasteiger partial charge on any atom is 0.261 e. The number of benzene rings is 1. The van der Waals surface area contributed by atoms with Gasteiger partial charge in [-0.15, -0.1) is 0 Å². The molecule has 0 aliphatic carbocycles. The number of hydrogen-bond acceptors (Lipinski definition) is 8. The highest BCUT2D eigenvalue weighted by Gasteiger charge is 2.20. The molecule has 0 saturated carbocycles. The summed E-state index contributed by atoms with van der Waals surface area (Å²) in [5.74, 6) is 1.27. The third-order valence-corrected chi connectivity index (χ3v) is 6.31. The van der Waals surface area contributed by atoms with Crippen molar-refractivity contribution in [2.75, 3.05) is 46.0 Å². The van der Waals surface area contributed by atoms with Crippen molar-refractivity contribution in [1.82, 2.24) is 15.0 Å². The average Bonchev–Trinajstić information content (AvgIpc) is 2.80. The first-order valence-corrected chi connectivity index (χ1v) is 11.5. The largest absolute Gasteiger partial charge is 0.353 e. The van der Waals surface area contributed by atoms with E-state index in [0.29, 0.717) is 11.6 Å². The lowest BCUT2D eigenvalue weighted by atomic mass is 10.3. The molecule has 1 aromatic carbocycles. The molecule has 0 bridgehead atoms. The molecule has 3 heterocycles. The average molecular weight is 454 g/mol. The Morgan fingerprint density at radius 3 is 2.12 bits per heavy atom. The van der Waals surface area contributed by atoms with Crippen LogP contribution in [0, 0.1) is 0 Å². The number of piperazine rings is 1. The number of amides is 1. The molecule has 2 N–H and O–H groups in total. The minimum atomic E-state index is -3.80. The van der Waals surface area contributed by atoms with Crippen molar-refractivity contribution in [3.8, 4) is 0 Å². The molecule has 2 aromatic heterocycles. The first-order chi connectivity index (χ1) is 15.4. The predicted molar refractivity (Wildman–Crippen MR) is 122 cm³/mol. The van der Waals surface area contributed by atoms with E-state index in [9.17, 15) is 13.2 Å². The van der Waals surface area contributed by atoms with E-state index in [4.69, 9.17) is 0 Å². The van der Waals surface area contributed by atoms with Gasteiger partial charge in [0.25, 0.3) is 10.0 Å². The van der Waals surface area contributed by atoms with Crippen LogP contribution in [0.25, 0.3) is 0 Å². The number of hydrogen-bond donors (Lipinski definition) is 2. The predicted octanol–water partition coefficient (Wildman–Crippen LogP) is 1.96. The molecule has 1 aliphatic heterocycles. The fraction of sp³-hybridized carbons (Fsp3) is 0.238. The van der Waals surface area contributed by atoms with Crippen LogP contribution >= 0.6 is 0 Å². The van der Waals surface area contributed by atoms with Crippen LogP contribution in [-0.2, 0) is 14.8 Å². The van der Waals surface area contributed by atoms with E-state index >= 15 is 0 Å². The summed E-state index contributed by atoms with van der Waals surface area (Å²) in [5, 5.41) is 2.60. The van der Waals surface area contributed by atoms with Crippen LogP contribution in [0.5, 0.6) is 0 Å². The number of aromatic nitrogens is 3. The molecule has 1 amide bonds. The molecule has 4 rings (SSSR count). The van der Waals surface area contributed by atoms with E-state index in [2.05, 4.69) is 34.8 Å². The van der Waals surface area contributed by atoms with Crippen LogP contribution in [0.1, 0.15) is 6.92 Å². The summed E-state index contributed by atoms with van der Waals surface area (Å²) in [5.41, 5.74) is 0.791. The van der Waals surface area contributed by atoms with Gasteiger partial charge in [0, 0.05) is 45.0 Å². The zero-order valence-corrected chi connectivity index (χ0v) is 18.3. The molecule has 166 valence electrons. The number of anilines is 4. The first kappa shape index (κ1) is 21.5. The summed E-state index contributed by atoms with van der Waals surface area (Å²) in [7, 11) is -3.80. The number of carbonyl (C=O) groups excluding carboxylic acids is 1. The molecule has 0 atom stereocenters. The monoisotopic (exact) mass is 453 g/mol. The minimum Gasteiger partial charge on any atom is -0.353 e. The lowest BCUT2D eigenvalue weighted by molar-refractivity contribution is -0.114. The molecule has 0 radical (unpaired) electrons. The maximum atomic E-state index is 12.6. The summed E-state index contributed by atoms with van der Waals surface area (Å²) >= 11 is 0. The summed E-state index contributed by atoms with van der Waals surface area (Å²) < 4.78 is 27.7. The fourth-order valence-corrected chi connectivity index (χ4v) is 4.38. The zero-order chi connectivity index (χ0) is 22.6. The van der Waals surface area contributed by atoms with Gasteiger partial charge < -0.3 is 15.1 Å². The lowest BCUT2D eigenvalue weighted by Gasteiger charge is -2.35. The van der Waals surface area contributed by atoms with E-state index < -0.39 is 10.0 Å². The van der Waals surface area contributed by atoms with Gasteiger partial charge in [0.1, 0.15) is 5.82 Å². The van der Waals surface area contributed by atoms with Crippen molar-refractivity contribution in [2.24, 2.45) is 0 Å². The van der Waals surface area contributed by atoms with Crippen LogP contribution < -0.4 is 19.8 Å². The summed E-state index contributed by atoms with van der Waals surface area (Å²) in [6, 6.07) is 11.7. The van der Waals surface area contributed by atoms with Crippen molar-refractivity contribution in [2.45, 2.75) is 11.8 Å². The van der Waals surface area contributed by atoms with Gasteiger partial charge in [0.05, 0.1) is 23.0 Å². The standard InChI is InChI=1S/C21H23N7O3S/c1-16(29)25-17-5-7-19(8-6-17)32(30,31)26-18-14-23-21(24-15-18)28-12-10-27(11-13-28)20-4-2-3-9-22-20/h2-9,14-15,26H,10-13H2,1H3,(H,25,29). The molecule has 32 heavy (non-hydrogen) atoms. The van der Waals surface area contributed by atoms with Gasteiger partial charge in [0.2, 0.25) is 11.9 Å². The highest BCUT2D eigenvalue weighted by Crippen LogP contribution is 2.20. The van der Waals surface area contributed by atoms with Crippen molar-refractivity contribution in [1.29, 1.82) is 0 Å². The second-order valence-electron chi connectivity index (χ2n) is 7.24. The fourth-order valence-electron chi connectivity index (χ4n) is 3.35. The van der Waals surface area contributed by atoms with Gasteiger partial charge in [-0.05, 0) is 36.4 Å². The van der Waals surface area contributed by atoms with Crippen LogP contribution in [-0.4, -0.2) is 55.5 Å². The molecular formula is C21H23N7O3S. The van der Waals surface area contributed by atoms with Gasteiger partial charge in [-0.1, -0.05) is 6.07 Å². The van der Waals surface area contributed by atoms with Crippen molar-refractivity contribution < 1.29 is 13.2 Å². The molecule has 10 nitrogen and oxygen atoms in total. The summed E-state index contributed by atoms with van der Waals surface area (Å²) in [6.07, 6.45) is 4.69. The van der Waals surface area contributed by atoms with Gasteiger partial charge >= 0.3 is 0 Å². The molecular weight excluding hydrogens is 430 g/mol. The SMILES string of the molecule is CC(=O)Nc1ccc(S(=O)(=O)Nc2cnc(N3CCN(c4ccccn4)CC3)nc2)cc1. The zero-order valence-electron chi connectivity index (χ0n) is 17.5. The Hall–Kier alpha value is -3.73. The van der Waals surface area contributed by atoms with Crippen LogP contribution in [0.4, 0.5) is 23.1 Å². The van der Waals surface area contributed by atoms with E-state index in [1.807, 2.05) is 18.2 Å². The lowest BCUT2D eigenvalue weighted by Crippen LogP contribution is -2.47. The Labute approximate surface area is 186 Å². The second kappa shape index (κ2) is 9.18. The Bertz CT molecular complexity index is 1160. The van der Waals surface area contributed by atoms with Gasteiger partial charge in [-0.25, -0.2) is 23.4 Å². The highest BCUT2D eigenvalue weighted by atomic mass is 32.2. The van der Waals surface area contributed by atoms with Gasteiger partial charge in [-0.2, -0.15) is 0 Å². The van der Waals surface area contributed by atoms with Crippen molar-refractivity contribution in [3.63, 3.8) is 0 Å². The molecule has 1 saturated heterocycles. The van der Waals surface area contributed by atoms with Gasteiger partial charge in [-0.3, -0.25) is 9.52 Å². The molecule has 0 spiro atoms. The molecule has 11 heteroatoms. The van der Waals surface area contributed by atoms with E-state index in [1.165, 1.54) is 43.6 Å². The second-order valence-corrected chi connectivity index (χ2v) is 8.93. The number of sulfonamides is 1. The maximum absolute atomic E-state index is 12.6. The third-order valence-electron chi connectivity index (χ3n) is 4.91. The Kier molecular flexibility index (Phi) is 6.17. The quantitative estimate of drug-likeness (QED) is 0.581. The Morgan fingerprint density at radius 2 is 1.53 bits per heavy atom. The van der Waals surface area contributed by atoms with Crippen LogP contribution in [0.15, 0.2) is 66.0 Å². The normalized spacial score (nSPS) is 14.2. The number of nitrogens with zero attached hydrogens (tertiary/aromatic N) is 5. The molecule has 1 fully saturated rings. The highest BCUT2D eigenvalue weighted by molar-refractivity contribution is 7.92. The third kappa shape index (κ3) is 5.11. The smallest absolute Gasteiger partial charge is 0.261 e. The first-order valence-electron chi connectivity index (χ1n) is 10.0. The van der Waals surface area contributed by atoms with Crippen LogP contribution in [0.2, 0.25) is 0 Å². The summed E-state index contributed by atoms with van der Waals surface area (Å²) in [4.78, 5) is 28.5. The van der Waals surface area contributed by atoms with Gasteiger partial charge in [0.15, 0.2) is 0 Å². The van der Waals surface area contributed by atoms with E-state index in [0.717, 1.165) is 32.0 Å². The van der Waals surface area contributed by atoms with E-state index in [-0.39, 0.29) is 16.5 Å². The van der Waals surface area contributed by atoms with E-state index in [1.54, 1.807) is 6.20 Å². The van der Waals surface area contributed by atoms with Crippen LogP contribution in [0.3, 0.4) is 0 Å². The number of nitrogens with one attached hydrogen (secondary N) is 2. The molecule has 0 unspecified atom stereocenters. The molecule has 1 aliphatic rings.